The normalized spacial score (nSPS) is 19.4. The van der Waals surface area contributed by atoms with E-state index in [4.69, 9.17) is 11.6 Å². The molecule has 4 rings (SSSR count). The maximum Gasteiger partial charge on any atom is 0.335 e. The van der Waals surface area contributed by atoms with Crippen LogP contribution in [0.2, 0.25) is 5.02 Å². The predicted molar refractivity (Wildman–Crippen MR) is 123 cm³/mol. The summed E-state index contributed by atoms with van der Waals surface area (Å²) in [5.41, 5.74) is 1.97. The number of amides is 1. The summed E-state index contributed by atoms with van der Waals surface area (Å²) in [6.07, 6.45) is 4.85. The van der Waals surface area contributed by atoms with Crippen molar-refractivity contribution >= 4 is 34.9 Å². The van der Waals surface area contributed by atoms with Gasteiger partial charge in [0.25, 0.3) is 5.91 Å². The zero-order valence-corrected chi connectivity index (χ0v) is 18.3. The summed E-state index contributed by atoms with van der Waals surface area (Å²) in [6, 6.07) is 11.7. The van der Waals surface area contributed by atoms with Crippen LogP contribution >= 0.6 is 11.6 Å². The third kappa shape index (κ3) is 5.38. The number of carboxylic acids is 1. The Morgan fingerprint density at radius 3 is 2.58 bits per heavy atom. The second-order valence-electron chi connectivity index (χ2n) is 8.46. The number of anilines is 2. The minimum Gasteiger partial charge on any atom is -0.478 e. The number of halogens is 1. The third-order valence-corrected chi connectivity index (χ3v) is 6.39. The van der Waals surface area contributed by atoms with E-state index in [0.29, 0.717) is 22.2 Å². The minimum absolute atomic E-state index is 0.149. The fourth-order valence-electron chi connectivity index (χ4n) is 4.63. The summed E-state index contributed by atoms with van der Waals surface area (Å²) < 4.78 is 0. The Balaban J connectivity index is 1.56. The molecule has 164 valence electrons. The summed E-state index contributed by atoms with van der Waals surface area (Å²) >= 11 is 6.03. The van der Waals surface area contributed by atoms with Crippen LogP contribution in [0.25, 0.3) is 0 Å². The highest BCUT2D eigenvalue weighted by Crippen LogP contribution is 2.32. The summed E-state index contributed by atoms with van der Waals surface area (Å²) in [5.74, 6) is -0.755. The van der Waals surface area contributed by atoms with Crippen molar-refractivity contribution in [2.24, 2.45) is 5.92 Å². The number of piperidine rings is 1. The second-order valence-corrected chi connectivity index (χ2v) is 8.90. The van der Waals surface area contributed by atoms with Crippen LogP contribution in [0.5, 0.6) is 0 Å². The molecule has 2 heterocycles. The van der Waals surface area contributed by atoms with Gasteiger partial charge in [-0.25, -0.2) is 4.79 Å². The van der Waals surface area contributed by atoms with Crippen LogP contribution in [0.15, 0.2) is 42.5 Å². The lowest BCUT2D eigenvalue weighted by atomic mass is 9.96. The van der Waals surface area contributed by atoms with E-state index in [1.807, 2.05) is 6.07 Å². The van der Waals surface area contributed by atoms with E-state index in [1.54, 1.807) is 36.4 Å². The van der Waals surface area contributed by atoms with Gasteiger partial charge in [-0.1, -0.05) is 17.7 Å². The number of nitrogens with zero attached hydrogens (tertiary/aromatic N) is 2. The molecule has 2 aliphatic heterocycles. The summed E-state index contributed by atoms with van der Waals surface area (Å²) in [6.45, 7) is 5.27. The van der Waals surface area contributed by atoms with Gasteiger partial charge in [-0.05, 0) is 81.1 Å². The lowest BCUT2D eigenvalue weighted by Crippen LogP contribution is -2.40. The maximum absolute atomic E-state index is 12.8. The highest BCUT2D eigenvalue weighted by molar-refractivity contribution is 6.31. The summed E-state index contributed by atoms with van der Waals surface area (Å²) in [5, 5.41) is 12.9. The molecule has 0 aromatic heterocycles. The minimum atomic E-state index is -1.02. The molecule has 2 aliphatic rings. The van der Waals surface area contributed by atoms with Gasteiger partial charge in [-0.15, -0.1) is 0 Å². The number of rotatable bonds is 6. The van der Waals surface area contributed by atoms with Crippen LogP contribution in [0.4, 0.5) is 11.4 Å². The van der Waals surface area contributed by atoms with Crippen molar-refractivity contribution in [3.8, 4) is 0 Å². The number of carbonyl (C=O) groups is 2. The van der Waals surface area contributed by atoms with Crippen LogP contribution in [0.3, 0.4) is 0 Å². The number of carboxylic acid groups (broad SMARTS) is 1. The van der Waals surface area contributed by atoms with E-state index >= 15 is 0 Å². The van der Waals surface area contributed by atoms with Crippen LogP contribution < -0.4 is 10.2 Å². The molecule has 2 aromatic rings. The average Bonchev–Trinajstić information content (AvgIpc) is 3.27. The molecule has 1 unspecified atom stereocenters. The molecule has 0 saturated carbocycles. The van der Waals surface area contributed by atoms with Gasteiger partial charge in [0.15, 0.2) is 0 Å². The molecule has 1 amide bonds. The fourth-order valence-corrected chi connectivity index (χ4v) is 4.82. The molecule has 2 saturated heterocycles. The number of aromatic carboxylic acids is 1. The van der Waals surface area contributed by atoms with Crippen molar-refractivity contribution in [1.29, 1.82) is 0 Å². The van der Waals surface area contributed by atoms with Crippen molar-refractivity contribution in [3.05, 3.63) is 58.6 Å². The molecule has 1 atom stereocenters. The zero-order valence-electron chi connectivity index (χ0n) is 17.5. The monoisotopic (exact) mass is 441 g/mol. The quantitative estimate of drug-likeness (QED) is 0.685. The van der Waals surface area contributed by atoms with Crippen molar-refractivity contribution in [2.75, 3.05) is 42.9 Å². The average molecular weight is 442 g/mol. The van der Waals surface area contributed by atoms with Gasteiger partial charge in [0.05, 0.1) is 16.9 Å². The van der Waals surface area contributed by atoms with Crippen LogP contribution in [-0.2, 0) is 0 Å². The Labute approximate surface area is 187 Å². The maximum atomic E-state index is 12.8. The van der Waals surface area contributed by atoms with Crippen LogP contribution in [-0.4, -0.2) is 54.6 Å². The fraction of sp³-hybridized carbons (Fsp3) is 0.417. The van der Waals surface area contributed by atoms with Gasteiger partial charge in [-0.2, -0.15) is 0 Å². The highest BCUT2D eigenvalue weighted by atomic mass is 35.5. The lowest BCUT2D eigenvalue weighted by molar-refractivity contribution is 0.0696. The van der Waals surface area contributed by atoms with E-state index in [1.165, 1.54) is 32.4 Å². The molecule has 2 aromatic carbocycles. The number of hydrogen-bond donors (Lipinski definition) is 2. The third-order valence-electron chi connectivity index (χ3n) is 6.15. The first kappa shape index (κ1) is 21.7. The standard InChI is InChI=1S/C24H28ClN3O3/c25-20-7-3-6-18(13-20)23(29)26-21-14-19(24(30)31)8-9-22(21)28-12-4-5-17(16-28)15-27-10-1-2-11-27/h3,6-9,13-14,17H,1-2,4-5,10-12,15-16H2,(H,26,29)(H,30,31). The Morgan fingerprint density at radius 2 is 1.84 bits per heavy atom. The summed E-state index contributed by atoms with van der Waals surface area (Å²) in [4.78, 5) is 29.2. The SMILES string of the molecule is O=C(O)c1ccc(N2CCCC(CN3CCCC3)C2)c(NC(=O)c2cccc(Cl)c2)c1. The Kier molecular flexibility index (Phi) is 6.78. The topological polar surface area (TPSA) is 72.9 Å². The number of hydrogen-bond acceptors (Lipinski definition) is 4. The molecule has 2 N–H and O–H groups in total. The molecule has 31 heavy (non-hydrogen) atoms. The number of carbonyl (C=O) groups excluding carboxylic acids is 1. The van der Waals surface area contributed by atoms with Gasteiger partial charge < -0.3 is 20.2 Å². The van der Waals surface area contributed by atoms with Gasteiger partial charge in [0.2, 0.25) is 0 Å². The Hall–Kier alpha value is -2.57. The van der Waals surface area contributed by atoms with Gasteiger partial charge in [0, 0.05) is 30.2 Å². The molecular weight excluding hydrogens is 414 g/mol. The van der Waals surface area contributed by atoms with Gasteiger partial charge in [0.1, 0.15) is 0 Å². The molecule has 0 spiro atoms. The Bertz CT molecular complexity index is 959. The molecule has 0 radical (unpaired) electrons. The van der Waals surface area contributed by atoms with E-state index in [0.717, 1.165) is 31.7 Å². The van der Waals surface area contributed by atoms with Crippen LogP contribution in [0, 0.1) is 5.92 Å². The smallest absolute Gasteiger partial charge is 0.335 e. The second kappa shape index (κ2) is 9.71. The van der Waals surface area contributed by atoms with Gasteiger partial charge >= 0.3 is 5.97 Å². The first-order valence-corrected chi connectivity index (χ1v) is 11.3. The molecule has 2 fully saturated rings. The molecule has 6 nitrogen and oxygen atoms in total. The highest BCUT2D eigenvalue weighted by Gasteiger charge is 2.25. The number of benzene rings is 2. The molecule has 7 heteroatoms. The van der Waals surface area contributed by atoms with Crippen molar-refractivity contribution in [3.63, 3.8) is 0 Å². The molecule has 0 bridgehead atoms. The predicted octanol–water partition coefficient (Wildman–Crippen LogP) is 4.60. The molecule has 0 aliphatic carbocycles. The number of likely N-dealkylation sites (tertiary alicyclic amines) is 1. The van der Waals surface area contributed by atoms with Crippen molar-refractivity contribution in [2.45, 2.75) is 25.7 Å². The van der Waals surface area contributed by atoms with Crippen LogP contribution in [0.1, 0.15) is 46.4 Å². The largest absolute Gasteiger partial charge is 0.478 e. The Morgan fingerprint density at radius 1 is 1.03 bits per heavy atom. The summed E-state index contributed by atoms with van der Waals surface area (Å²) in [7, 11) is 0. The number of nitrogens with one attached hydrogen (secondary N) is 1. The lowest BCUT2D eigenvalue weighted by Gasteiger charge is -2.37. The first-order chi connectivity index (χ1) is 15.0. The van der Waals surface area contributed by atoms with E-state index in [-0.39, 0.29) is 11.5 Å². The zero-order chi connectivity index (χ0) is 21.8. The van der Waals surface area contributed by atoms with E-state index in [2.05, 4.69) is 15.1 Å². The van der Waals surface area contributed by atoms with Crippen molar-refractivity contribution in [1.82, 2.24) is 4.90 Å². The van der Waals surface area contributed by atoms with E-state index in [9.17, 15) is 14.7 Å². The van der Waals surface area contributed by atoms with Crippen molar-refractivity contribution < 1.29 is 14.7 Å². The van der Waals surface area contributed by atoms with E-state index < -0.39 is 5.97 Å². The van der Waals surface area contributed by atoms with Gasteiger partial charge in [-0.3, -0.25) is 4.79 Å². The molecular formula is C24H28ClN3O3. The first-order valence-electron chi connectivity index (χ1n) is 10.9.